The summed E-state index contributed by atoms with van der Waals surface area (Å²) in [5, 5.41) is 9.31. The van der Waals surface area contributed by atoms with Crippen LogP contribution in [0.1, 0.15) is 36.7 Å². The zero-order chi connectivity index (χ0) is 23.3. The molecule has 0 aliphatic carbocycles. The molecule has 0 aliphatic rings. The largest absolute Gasteiger partial charge is 0.340 e. The van der Waals surface area contributed by atoms with Crippen molar-refractivity contribution in [3.05, 3.63) is 96.4 Å². The van der Waals surface area contributed by atoms with Crippen molar-refractivity contribution in [3.8, 4) is 0 Å². The van der Waals surface area contributed by atoms with Crippen LogP contribution >= 0.6 is 0 Å². The molecule has 0 spiro atoms. The first-order valence-corrected chi connectivity index (χ1v) is 10.7. The molecule has 0 saturated carbocycles. The Hall–Kier alpha value is -4.26. The fourth-order valence-corrected chi connectivity index (χ4v) is 3.17. The number of rotatable bonds is 6. The number of aromatic nitrogens is 3. The van der Waals surface area contributed by atoms with Gasteiger partial charge < -0.3 is 16.0 Å². The molecule has 166 valence electrons. The van der Waals surface area contributed by atoms with E-state index in [1.54, 1.807) is 12.3 Å². The number of nitrogens with zero attached hydrogens (tertiary/aromatic N) is 3. The lowest BCUT2D eigenvalue weighted by Gasteiger charge is -2.19. The highest BCUT2D eigenvalue weighted by molar-refractivity contribution is 6.04. The van der Waals surface area contributed by atoms with Crippen LogP contribution in [0.3, 0.4) is 0 Å². The second kappa shape index (κ2) is 9.48. The SMILES string of the molecule is CC(C)(C)c1ccc(C(=O)Nc2ccc(Nc3cc(Nc4ccccn4)ncn3)cc2)cc1. The Morgan fingerprint density at radius 2 is 1.39 bits per heavy atom. The highest BCUT2D eigenvalue weighted by Gasteiger charge is 2.14. The molecular formula is C26H26N6O. The predicted octanol–water partition coefficient (Wildman–Crippen LogP) is 5.91. The van der Waals surface area contributed by atoms with Gasteiger partial charge in [-0.2, -0.15) is 0 Å². The Morgan fingerprint density at radius 3 is 2.03 bits per heavy atom. The van der Waals surface area contributed by atoms with E-state index in [4.69, 9.17) is 0 Å². The van der Waals surface area contributed by atoms with Crippen LogP contribution in [-0.2, 0) is 5.41 Å². The molecule has 3 N–H and O–H groups in total. The number of hydrogen-bond donors (Lipinski definition) is 3. The molecule has 2 aromatic heterocycles. The summed E-state index contributed by atoms with van der Waals surface area (Å²) in [6.45, 7) is 6.45. The van der Waals surface area contributed by atoms with E-state index in [0.717, 1.165) is 5.69 Å². The van der Waals surface area contributed by atoms with Gasteiger partial charge in [0.05, 0.1) is 0 Å². The van der Waals surface area contributed by atoms with E-state index in [2.05, 4.69) is 51.7 Å². The zero-order valence-corrected chi connectivity index (χ0v) is 18.8. The summed E-state index contributed by atoms with van der Waals surface area (Å²) >= 11 is 0. The summed E-state index contributed by atoms with van der Waals surface area (Å²) in [5.41, 5.74) is 3.42. The average Bonchev–Trinajstić information content (AvgIpc) is 2.81. The van der Waals surface area contributed by atoms with Gasteiger partial charge in [-0.1, -0.05) is 39.0 Å². The second-order valence-electron chi connectivity index (χ2n) is 8.61. The minimum atomic E-state index is -0.141. The molecule has 0 saturated heterocycles. The van der Waals surface area contributed by atoms with E-state index in [-0.39, 0.29) is 11.3 Å². The standard InChI is InChI=1S/C26H26N6O/c1-26(2,3)19-9-7-18(8-10-19)25(33)31-21-13-11-20(12-14-21)30-23-16-24(29-17-28-23)32-22-6-4-5-15-27-22/h4-17H,1-3H3,(H,31,33)(H2,27,28,29,30,32). The summed E-state index contributed by atoms with van der Waals surface area (Å²) < 4.78 is 0. The minimum Gasteiger partial charge on any atom is -0.340 e. The third-order valence-electron chi connectivity index (χ3n) is 5.02. The van der Waals surface area contributed by atoms with Crippen LogP contribution in [0.15, 0.2) is 85.3 Å². The molecule has 33 heavy (non-hydrogen) atoms. The summed E-state index contributed by atoms with van der Waals surface area (Å²) in [6, 6.07) is 22.6. The maximum Gasteiger partial charge on any atom is 0.255 e. The van der Waals surface area contributed by atoms with Crippen molar-refractivity contribution < 1.29 is 4.79 Å². The summed E-state index contributed by atoms with van der Waals surface area (Å²) in [7, 11) is 0. The van der Waals surface area contributed by atoms with Gasteiger partial charge in [-0.25, -0.2) is 15.0 Å². The van der Waals surface area contributed by atoms with Crippen molar-refractivity contribution in [3.63, 3.8) is 0 Å². The van der Waals surface area contributed by atoms with E-state index >= 15 is 0 Å². The fraction of sp³-hybridized carbons (Fsp3) is 0.154. The Morgan fingerprint density at radius 1 is 0.727 bits per heavy atom. The van der Waals surface area contributed by atoms with Crippen molar-refractivity contribution in [1.29, 1.82) is 0 Å². The first kappa shape index (κ1) is 22.0. The van der Waals surface area contributed by atoms with Crippen molar-refractivity contribution in [2.24, 2.45) is 0 Å². The van der Waals surface area contributed by atoms with Gasteiger partial charge in [0.1, 0.15) is 23.8 Å². The molecule has 7 nitrogen and oxygen atoms in total. The number of nitrogens with one attached hydrogen (secondary N) is 3. The Labute approximate surface area is 193 Å². The van der Waals surface area contributed by atoms with Crippen molar-refractivity contribution in [1.82, 2.24) is 15.0 Å². The topological polar surface area (TPSA) is 91.8 Å². The summed E-state index contributed by atoms with van der Waals surface area (Å²) in [5.74, 6) is 1.83. The lowest BCUT2D eigenvalue weighted by atomic mass is 9.87. The highest BCUT2D eigenvalue weighted by atomic mass is 16.1. The van der Waals surface area contributed by atoms with Crippen LogP contribution < -0.4 is 16.0 Å². The third kappa shape index (κ3) is 5.92. The molecule has 0 radical (unpaired) electrons. The van der Waals surface area contributed by atoms with E-state index < -0.39 is 0 Å². The van der Waals surface area contributed by atoms with Gasteiger partial charge in [0, 0.05) is 29.2 Å². The Bertz CT molecular complexity index is 1220. The monoisotopic (exact) mass is 438 g/mol. The fourth-order valence-electron chi connectivity index (χ4n) is 3.17. The number of carbonyl (C=O) groups excluding carboxylic acids is 1. The van der Waals surface area contributed by atoms with Gasteiger partial charge in [-0.15, -0.1) is 0 Å². The lowest BCUT2D eigenvalue weighted by Crippen LogP contribution is -2.14. The summed E-state index contributed by atoms with van der Waals surface area (Å²) in [6.07, 6.45) is 3.19. The molecule has 0 unspecified atom stereocenters. The smallest absolute Gasteiger partial charge is 0.255 e. The number of anilines is 5. The van der Waals surface area contributed by atoms with Crippen LogP contribution in [-0.4, -0.2) is 20.9 Å². The average molecular weight is 439 g/mol. The van der Waals surface area contributed by atoms with Gasteiger partial charge in [0.2, 0.25) is 0 Å². The number of pyridine rings is 1. The van der Waals surface area contributed by atoms with E-state index in [1.165, 1.54) is 11.9 Å². The van der Waals surface area contributed by atoms with Crippen molar-refractivity contribution in [2.75, 3.05) is 16.0 Å². The van der Waals surface area contributed by atoms with Gasteiger partial charge in [0.15, 0.2) is 0 Å². The van der Waals surface area contributed by atoms with Gasteiger partial charge in [-0.05, 0) is 59.5 Å². The second-order valence-corrected chi connectivity index (χ2v) is 8.61. The van der Waals surface area contributed by atoms with Crippen LogP contribution in [0.5, 0.6) is 0 Å². The quantitative estimate of drug-likeness (QED) is 0.347. The first-order chi connectivity index (χ1) is 15.9. The molecule has 2 aromatic carbocycles. The van der Waals surface area contributed by atoms with Crippen LogP contribution in [0, 0.1) is 0 Å². The first-order valence-electron chi connectivity index (χ1n) is 10.7. The van der Waals surface area contributed by atoms with Crippen LogP contribution in [0.4, 0.5) is 28.8 Å². The molecule has 0 bridgehead atoms. The van der Waals surface area contributed by atoms with Gasteiger partial charge in [0.25, 0.3) is 5.91 Å². The van der Waals surface area contributed by atoms with E-state index in [1.807, 2.05) is 66.7 Å². The van der Waals surface area contributed by atoms with Gasteiger partial charge >= 0.3 is 0 Å². The molecule has 0 aliphatic heterocycles. The lowest BCUT2D eigenvalue weighted by molar-refractivity contribution is 0.102. The maximum absolute atomic E-state index is 12.6. The van der Waals surface area contributed by atoms with Gasteiger partial charge in [-0.3, -0.25) is 4.79 Å². The van der Waals surface area contributed by atoms with Crippen molar-refractivity contribution in [2.45, 2.75) is 26.2 Å². The number of benzene rings is 2. The van der Waals surface area contributed by atoms with Crippen molar-refractivity contribution >= 4 is 34.7 Å². The Kier molecular flexibility index (Phi) is 6.31. The Balaban J connectivity index is 1.37. The summed E-state index contributed by atoms with van der Waals surface area (Å²) in [4.78, 5) is 25.3. The third-order valence-corrected chi connectivity index (χ3v) is 5.02. The molecule has 7 heteroatoms. The predicted molar refractivity (Wildman–Crippen MR) is 132 cm³/mol. The maximum atomic E-state index is 12.6. The molecule has 0 atom stereocenters. The normalized spacial score (nSPS) is 11.0. The van der Waals surface area contributed by atoms with E-state index in [9.17, 15) is 4.79 Å². The number of amides is 1. The highest BCUT2D eigenvalue weighted by Crippen LogP contribution is 2.23. The molecule has 0 fully saturated rings. The van der Waals surface area contributed by atoms with Crippen LogP contribution in [0.25, 0.3) is 0 Å². The molecule has 4 aromatic rings. The number of carbonyl (C=O) groups is 1. The molecule has 1 amide bonds. The molecular weight excluding hydrogens is 412 g/mol. The number of hydrogen-bond acceptors (Lipinski definition) is 6. The van der Waals surface area contributed by atoms with Crippen LogP contribution in [0.2, 0.25) is 0 Å². The molecule has 4 rings (SSSR count). The zero-order valence-electron chi connectivity index (χ0n) is 18.8. The van der Waals surface area contributed by atoms with E-state index in [0.29, 0.717) is 28.7 Å². The minimum absolute atomic E-state index is 0.0524. The molecule has 2 heterocycles.